The molecule has 2 aromatic rings. The second-order valence-electron chi connectivity index (χ2n) is 5.56. The van der Waals surface area contributed by atoms with Crippen LogP contribution >= 0.6 is 0 Å². The molecule has 0 aliphatic carbocycles. The van der Waals surface area contributed by atoms with E-state index in [0.717, 1.165) is 17.7 Å². The van der Waals surface area contributed by atoms with Gasteiger partial charge in [0.25, 0.3) is 5.91 Å². The molecule has 2 aromatic carbocycles. The molecule has 0 atom stereocenters. The third-order valence-electron chi connectivity index (χ3n) is 3.76. The van der Waals surface area contributed by atoms with Crippen LogP contribution < -0.4 is 14.8 Å². The third kappa shape index (κ3) is 4.23. The van der Waals surface area contributed by atoms with Gasteiger partial charge in [-0.3, -0.25) is 4.79 Å². The Bertz CT molecular complexity index is 774. The maximum Gasteiger partial charge on any atom is 0.416 e. The molecule has 0 aromatic heterocycles. The highest BCUT2D eigenvalue weighted by Gasteiger charge is 2.30. The Kier molecular flexibility index (Phi) is 4.83. The van der Waals surface area contributed by atoms with Crippen molar-refractivity contribution in [2.24, 2.45) is 0 Å². The lowest BCUT2D eigenvalue weighted by molar-refractivity contribution is -0.137. The molecule has 1 aliphatic heterocycles. The molecule has 0 fully saturated rings. The average Bonchev–Trinajstić information content (AvgIpc) is 2.61. The summed E-state index contributed by atoms with van der Waals surface area (Å²) in [5.41, 5.74) is 0.0811. The standard InChI is InChI=1S/C18H16F3NO3/c19-18(20,21)14-3-1-2-13(11-14)17(23)22-7-6-12-4-5-15-16(10-12)25-9-8-24-15/h1-5,10-11H,6-9H2,(H,22,23). The summed E-state index contributed by atoms with van der Waals surface area (Å²) in [7, 11) is 0. The number of hydrogen-bond donors (Lipinski definition) is 1. The fourth-order valence-corrected chi connectivity index (χ4v) is 2.50. The van der Waals surface area contributed by atoms with Crippen molar-refractivity contribution in [3.63, 3.8) is 0 Å². The predicted molar refractivity (Wildman–Crippen MR) is 84.9 cm³/mol. The van der Waals surface area contributed by atoms with Gasteiger partial charge in [-0.2, -0.15) is 13.2 Å². The van der Waals surface area contributed by atoms with Crippen molar-refractivity contribution >= 4 is 5.91 Å². The Morgan fingerprint density at radius 3 is 2.56 bits per heavy atom. The third-order valence-corrected chi connectivity index (χ3v) is 3.76. The monoisotopic (exact) mass is 351 g/mol. The second kappa shape index (κ2) is 7.04. The molecule has 25 heavy (non-hydrogen) atoms. The molecule has 4 nitrogen and oxygen atoms in total. The van der Waals surface area contributed by atoms with Crippen LogP contribution in [0.4, 0.5) is 13.2 Å². The molecule has 1 heterocycles. The highest BCUT2D eigenvalue weighted by atomic mass is 19.4. The molecule has 0 saturated carbocycles. The summed E-state index contributed by atoms with van der Waals surface area (Å²) < 4.78 is 49.0. The lowest BCUT2D eigenvalue weighted by Crippen LogP contribution is -2.26. The van der Waals surface area contributed by atoms with Crippen molar-refractivity contribution < 1.29 is 27.4 Å². The van der Waals surface area contributed by atoms with Crippen molar-refractivity contribution in [3.8, 4) is 11.5 Å². The number of alkyl halides is 3. The number of carbonyl (C=O) groups excluding carboxylic acids is 1. The smallest absolute Gasteiger partial charge is 0.416 e. The second-order valence-corrected chi connectivity index (χ2v) is 5.56. The van der Waals surface area contributed by atoms with Gasteiger partial charge in [0.2, 0.25) is 0 Å². The van der Waals surface area contributed by atoms with Crippen molar-refractivity contribution in [2.75, 3.05) is 19.8 Å². The first-order chi connectivity index (χ1) is 11.9. The fraction of sp³-hybridized carbons (Fsp3) is 0.278. The molecular weight excluding hydrogens is 335 g/mol. The lowest BCUT2D eigenvalue weighted by Gasteiger charge is -2.18. The molecule has 3 rings (SSSR count). The molecule has 0 bridgehead atoms. The maximum absolute atomic E-state index is 12.7. The van der Waals surface area contributed by atoms with Crippen LogP contribution in [-0.2, 0) is 12.6 Å². The van der Waals surface area contributed by atoms with E-state index in [2.05, 4.69) is 5.32 Å². The highest BCUT2D eigenvalue weighted by Crippen LogP contribution is 2.31. The first-order valence-electron chi connectivity index (χ1n) is 7.77. The van der Waals surface area contributed by atoms with E-state index in [1.807, 2.05) is 12.1 Å². The SMILES string of the molecule is O=C(NCCc1ccc2c(c1)OCCO2)c1cccc(C(F)(F)F)c1. The summed E-state index contributed by atoms with van der Waals surface area (Å²) in [5, 5.41) is 2.63. The Balaban J connectivity index is 1.58. The minimum absolute atomic E-state index is 0.0167. The molecule has 0 spiro atoms. The van der Waals surface area contributed by atoms with E-state index in [1.165, 1.54) is 12.1 Å². The highest BCUT2D eigenvalue weighted by molar-refractivity contribution is 5.94. The summed E-state index contributed by atoms with van der Waals surface area (Å²) in [6, 6.07) is 9.87. The van der Waals surface area contributed by atoms with Crippen molar-refractivity contribution in [2.45, 2.75) is 12.6 Å². The van der Waals surface area contributed by atoms with E-state index >= 15 is 0 Å². The van der Waals surface area contributed by atoms with Crippen LogP contribution in [0.5, 0.6) is 11.5 Å². The Morgan fingerprint density at radius 1 is 1.04 bits per heavy atom. The van der Waals surface area contributed by atoms with E-state index in [0.29, 0.717) is 37.7 Å². The fourth-order valence-electron chi connectivity index (χ4n) is 2.50. The normalized spacial score (nSPS) is 13.4. The largest absolute Gasteiger partial charge is 0.486 e. The zero-order chi connectivity index (χ0) is 17.9. The molecule has 132 valence electrons. The topological polar surface area (TPSA) is 47.6 Å². The summed E-state index contributed by atoms with van der Waals surface area (Å²) in [6.45, 7) is 1.30. The lowest BCUT2D eigenvalue weighted by atomic mass is 10.1. The molecular formula is C18H16F3NO3. The van der Waals surface area contributed by atoms with Gasteiger partial charge in [0.05, 0.1) is 5.56 Å². The zero-order valence-electron chi connectivity index (χ0n) is 13.2. The van der Waals surface area contributed by atoms with E-state index < -0.39 is 17.6 Å². The molecule has 0 unspecified atom stereocenters. The van der Waals surface area contributed by atoms with Crippen LogP contribution in [0, 0.1) is 0 Å². The number of halogens is 3. The number of benzene rings is 2. The van der Waals surface area contributed by atoms with Gasteiger partial charge in [0, 0.05) is 12.1 Å². The van der Waals surface area contributed by atoms with Crippen molar-refractivity contribution in [1.29, 1.82) is 0 Å². The summed E-state index contributed by atoms with van der Waals surface area (Å²) in [5.74, 6) is 0.805. The maximum atomic E-state index is 12.7. The van der Waals surface area contributed by atoms with Gasteiger partial charge >= 0.3 is 6.18 Å². The Hall–Kier alpha value is -2.70. The van der Waals surface area contributed by atoms with Gasteiger partial charge in [-0.25, -0.2) is 0 Å². The Morgan fingerprint density at radius 2 is 1.80 bits per heavy atom. The first kappa shape index (κ1) is 17.1. The summed E-state index contributed by atoms with van der Waals surface area (Å²) in [6.07, 6.45) is -3.94. The quantitative estimate of drug-likeness (QED) is 0.918. The molecule has 1 N–H and O–H groups in total. The van der Waals surface area contributed by atoms with E-state index in [9.17, 15) is 18.0 Å². The number of ether oxygens (including phenoxy) is 2. The molecule has 1 aliphatic rings. The Labute approximate surface area is 142 Å². The van der Waals surface area contributed by atoms with E-state index in [1.54, 1.807) is 6.07 Å². The van der Waals surface area contributed by atoms with Crippen LogP contribution in [0.2, 0.25) is 0 Å². The molecule has 0 saturated heterocycles. The minimum atomic E-state index is -4.47. The minimum Gasteiger partial charge on any atom is -0.486 e. The van der Waals surface area contributed by atoms with Crippen LogP contribution in [0.15, 0.2) is 42.5 Å². The number of fused-ring (bicyclic) bond motifs is 1. The number of nitrogens with one attached hydrogen (secondary N) is 1. The molecule has 0 radical (unpaired) electrons. The van der Waals surface area contributed by atoms with Gasteiger partial charge in [0.1, 0.15) is 13.2 Å². The van der Waals surface area contributed by atoms with Crippen molar-refractivity contribution in [1.82, 2.24) is 5.32 Å². The van der Waals surface area contributed by atoms with Crippen LogP contribution in [0.1, 0.15) is 21.5 Å². The van der Waals surface area contributed by atoms with E-state index in [-0.39, 0.29) is 5.56 Å². The molecule has 7 heteroatoms. The van der Waals surface area contributed by atoms with Gasteiger partial charge in [-0.05, 0) is 42.3 Å². The number of hydrogen-bond acceptors (Lipinski definition) is 3. The zero-order valence-corrected chi connectivity index (χ0v) is 13.2. The van der Waals surface area contributed by atoms with Crippen LogP contribution in [0.3, 0.4) is 0 Å². The van der Waals surface area contributed by atoms with Gasteiger partial charge < -0.3 is 14.8 Å². The van der Waals surface area contributed by atoms with E-state index in [4.69, 9.17) is 9.47 Å². The van der Waals surface area contributed by atoms with Crippen molar-refractivity contribution in [3.05, 3.63) is 59.2 Å². The average molecular weight is 351 g/mol. The number of rotatable bonds is 4. The van der Waals surface area contributed by atoms with Gasteiger partial charge in [0.15, 0.2) is 11.5 Å². The molecule has 1 amide bonds. The summed E-state index contributed by atoms with van der Waals surface area (Å²) >= 11 is 0. The number of amides is 1. The first-order valence-corrected chi connectivity index (χ1v) is 7.77. The number of carbonyl (C=O) groups is 1. The van der Waals surface area contributed by atoms with Gasteiger partial charge in [-0.15, -0.1) is 0 Å². The predicted octanol–water partition coefficient (Wildman–Crippen LogP) is 3.45. The summed E-state index contributed by atoms with van der Waals surface area (Å²) in [4.78, 5) is 12.0. The van der Waals surface area contributed by atoms with Gasteiger partial charge in [-0.1, -0.05) is 12.1 Å². The van der Waals surface area contributed by atoms with Crippen LogP contribution in [-0.4, -0.2) is 25.7 Å². The van der Waals surface area contributed by atoms with Crippen LogP contribution in [0.25, 0.3) is 0 Å².